The lowest BCUT2D eigenvalue weighted by atomic mass is 9.90. The molecule has 116 valence electrons. The van der Waals surface area contributed by atoms with Crippen LogP contribution in [0.4, 0.5) is 4.39 Å². The molecule has 1 aliphatic heterocycles. The van der Waals surface area contributed by atoms with Gasteiger partial charge < -0.3 is 9.47 Å². The average Bonchev–Trinajstić information content (AvgIpc) is 2.46. The minimum absolute atomic E-state index is 0.131. The van der Waals surface area contributed by atoms with Crippen molar-refractivity contribution in [3.63, 3.8) is 0 Å². The summed E-state index contributed by atoms with van der Waals surface area (Å²) >= 11 is 0. The summed E-state index contributed by atoms with van der Waals surface area (Å²) in [6, 6.07) is 7.30. The number of hydrogen-bond donors (Lipinski definition) is 0. The average molecular weight is 293 g/mol. The molecule has 0 spiro atoms. The maximum absolute atomic E-state index is 13.5. The first-order chi connectivity index (χ1) is 10.3. The standard InChI is InChI=1S/C17H24FNO2/c1-2-20-14-9-7-13(8-10-14)19-11-15(12-19)21-17-6-4-3-5-16(17)18/h3-6,13-15H,2,7-12H2,1H3. The summed E-state index contributed by atoms with van der Waals surface area (Å²) in [6.45, 7) is 4.71. The van der Waals surface area contributed by atoms with Crippen molar-refractivity contribution >= 4 is 0 Å². The van der Waals surface area contributed by atoms with E-state index in [-0.39, 0.29) is 11.9 Å². The van der Waals surface area contributed by atoms with Gasteiger partial charge >= 0.3 is 0 Å². The highest BCUT2D eigenvalue weighted by Gasteiger charge is 2.36. The quantitative estimate of drug-likeness (QED) is 0.832. The van der Waals surface area contributed by atoms with Gasteiger partial charge in [0, 0.05) is 25.7 Å². The molecule has 0 radical (unpaired) electrons. The van der Waals surface area contributed by atoms with Crippen molar-refractivity contribution < 1.29 is 13.9 Å². The van der Waals surface area contributed by atoms with Crippen molar-refractivity contribution in [2.24, 2.45) is 0 Å². The highest BCUT2D eigenvalue weighted by Crippen LogP contribution is 2.29. The summed E-state index contributed by atoms with van der Waals surface area (Å²) in [7, 11) is 0. The fourth-order valence-electron chi connectivity index (χ4n) is 3.37. The minimum atomic E-state index is -0.270. The topological polar surface area (TPSA) is 21.7 Å². The van der Waals surface area contributed by atoms with E-state index >= 15 is 0 Å². The SMILES string of the molecule is CCOC1CCC(N2CC(Oc3ccccc3F)C2)CC1. The van der Waals surface area contributed by atoms with E-state index in [9.17, 15) is 4.39 Å². The van der Waals surface area contributed by atoms with Gasteiger partial charge in [0.25, 0.3) is 0 Å². The normalized spacial score (nSPS) is 27.3. The van der Waals surface area contributed by atoms with Crippen LogP contribution in [-0.2, 0) is 4.74 Å². The number of rotatable bonds is 5. The number of ether oxygens (including phenoxy) is 2. The molecule has 3 nitrogen and oxygen atoms in total. The zero-order valence-corrected chi connectivity index (χ0v) is 12.6. The fraction of sp³-hybridized carbons (Fsp3) is 0.647. The number of para-hydroxylation sites is 1. The van der Waals surface area contributed by atoms with Crippen LogP contribution in [-0.4, -0.2) is 42.8 Å². The van der Waals surface area contributed by atoms with Crippen LogP contribution < -0.4 is 4.74 Å². The molecule has 3 rings (SSSR count). The van der Waals surface area contributed by atoms with Gasteiger partial charge in [0.1, 0.15) is 6.10 Å². The highest BCUT2D eigenvalue weighted by atomic mass is 19.1. The Bertz CT molecular complexity index is 454. The van der Waals surface area contributed by atoms with Crippen molar-refractivity contribution in [3.05, 3.63) is 30.1 Å². The third kappa shape index (κ3) is 3.55. The molecule has 1 saturated carbocycles. The third-order valence-corrected chi connectivity index (χ3v) is 4.57. The monoisotopic (exact) mass is 293 g/mol. The van der Waals surface area contributed by atoms with E-state index in [2.05, 4.69) is 11.8 Å². The lowest BCUT2D eigenvalue weighted by Gasteiger charge is -2.46. The second kappa shape index (κ2) is 6.75. The maximum Gasteiger partial charge on any atom is 0.165 e. The van der Waals surface area contributed by atoms with Gasteiger partial charge in [-0.3, -0.25) is 4.90 Å². The van der Waals surface area contributed by atoms with Crippen molar-refractivity contribution in [3.8, 4) is 5.75 Å². The summed E-state index contributed by atoms with van der Waals surface area (Å²) in [6.07, 6.45) is 5.32. The molecule has 2 aliphatic rings. The fourth-order valence-corrected chi connectivity index (χ4v) is 3.37. The lowest BCUT2D eigenvalue weighted by Crippen LogP contribution is -2.58. The van der Waals surface area contributed by atoms with Gasteiger partial charge in [-0.15, -0.1) is 0 Å². The molecule has 2 fully saturated rings. The molecule has 1 aromatic rings. The van der Waals surface area contributed by atoms with E-state index in [0.717, 1.165) is 32.5 Å². The van der Waals surface area contributed by atoms with Crippen LogP contribution >= 0.6 is 0 Å². The van der Waals surface area contributed by atoms with E-state index in [1.807, 2.05) is 6.07 Å². The molecule has 1 heterocycles. The van der Waals surface area contributed by atoms with E-state index in [1.54, 1.807) is 12.1 Å². The number of hydrogen-bond acceptors (Lipinski definition) is 3. The first-order valence-electron chi connectivity index (χ1n) is 8.03. The maximum atomic E-state index is 13.5. The van der Waals surface area contributed by atoms with Crippen LogP contribution in [0.25, 0.3) is 0 Å². The van der Waals surface area contributed by atoms with Crippen LogP contribution in [0.5, 0.6) is 5.75 Å². The minimum Gasteiger partial charge on any atom is -0.485 e. The molecular weight excluding hydrogens is 269 g/mol. The Morgan fingerprint density at radius 3 is 2.48 bits per heavy atom. The molecule has 1 saturated heterocycles. The molecule has 0 N–H and O–H groups in total. The Morgan fingerprint density at radius 1 is 1.10 bits per heavy atom. The van der Waals surface area contributed by atoms with Crippen molar-refractivity contribution in [2.45, 2.75) is 50.9 Å². The summed E-state index contributed by atoms with van der Waals surface area (Å²) < 4.78 is 24.9. The van der Waals surface area contributed by atoms with Crippen molar-refractivity contribution in [1.29, 1.82) is 0 Å². The Labute approximate surface area is 126 Å². The second-order valence-electron chi connectivity index (χ2n) is 6.01. The van der Waals surface area contributed by atoms with E-state index in [0.29, 0.717) is 17.9 Å². The molecule has 1 aliphatic carbocycles. The Kier molecular flexibility index (Phi) is 4.76. The van der Waals surface area contributed by atoms with E-state index in [4.69, 9.17) is 9.47 Å². The zero-order valence-electron chi connectivity index (χ0n) is 12.6. The molecule has 21 heavy (non-hydrogen) atoms. The number of benzene rings is 1. The van der Waals surface area contributed by atoms with Gasteiger partial charge in [-0.1, -0.05) is 12.1 Å². The Hall–Kier alpha value is -1.13. The van der Waals surface area contributed by atoms with Crippen LogP contribution in [0.1, 0.15) is 32.6 Å². The molecule has 0 unspecified atom stereocenters. The molecule has 0 bridgehead atoms. The van der Waals surface area contributed by atoms with E-state index < -0.39 is 0 Å². The highest BCUT2D eigenvalue weighted by molar-refractivity contribution is 5.24. The van der Waals surface area contributed by atoms with Crippen LogP contribution in [0.15, 0.2) is 24.3 Å². The van der Waals surface area contributed by atoms with Crippen molar-refractivity contribution in [2.75, 3.05) is 19.7 Å². The van der Waals surface area contributed by atoms with Crippen molar-refractivity contribution in [1.82, 2.24) is 4.90 Å². The predicted octanol–water partition coefficient (Wildman–Crippen LogP) is 3.24. The van der Waals surface area contributed by atoms with Gasteiger partial charge in [-0.2, -0.15) is 0 Å². The van der Waals surface area contributed by atoms with E-state index in [1.165, 1.54) is 18.9 Å². The van der Waals surface area contributed by atoms with Gasteiger partial charge in [-0.05, 0) is 44.7 Å². The Morgan fingerprint density at radius 2 is 1.81 bits per heavy atom. The molecular formula is C17H24FNO2. The zero-order chi connectivity index (χ0) is 14.7. The van der Waals surface area contributed by atoms with Crippen LogP contribution in [0.2, 0.25) is 0 Å². The molecule has 0 amide bonds. The summed E-state index contributed by atoms with van der Waals surface area (Å²) in [5, 5.41) is 0. The second-order valence-corrected chi connectivity index (χ2v) is 6.01. The van der Waals surface area contributed by atoms with Gasteiger partial charge in [0.05, 0.1) is 6.10 Å². The Balaban J connectivity index is 1.41. The largest absolute Gasteiger partial charge is 0.485 e. The lowest BCUT2D eigenvalue weighted by molar-refractivity contribution is -0.0421. The predicted molar refractivity (Wildman–Crippen MR) is 80.1 cm³/mol. The van der Waals surface area contributed by atoms with Gasteiger partial charge in [0.2, 0.25) is 0 Å². The molecule has 4 heteroatoms. The summed E-state index contributed by atoms with van der Waals surface area (Å²) in [5.74, 6) is 0.107. The van der Waals surface area contributed by atoms with Gasteiger partial charge in [-0.25, -0.2) is 4.39 Å². The molecule has 1 aromatic carbocycles. The molecule has 0 atom stereocenters. The summed E-state index contributed by atoms with van der Waals surface area (Å²) in [4.78, 5) is 2.47. The summed E-state index contributed by atoms with van der Waals surface area (Å²) in [5.41, 5.74) is 0. The van der Waals surface area contributed by atoms with Gasteiger partial charge in [0.15, 0.2) is 11.6 Å². The first kappa shape index (κ1) is 14.8. The third-order valence-electron chi connectivity index (χ3n) is 4.57. The molecule has 0 aromatic heterocycles. The first-order valence-corrected chi connectivity index (χ1v) is 8.03. The number of halogens is 1. The van der Waals surface area contributed by atoms with Crippen LogP contribution in [0.3, 0.4) is 0 Å². The number of likely N-dealkylation sites (tertiary alicyclic amines) is 1. The number of nitrogens with zero attached hydrogens (tertiary/aromatic N) is 1. The smallest absolute Gasteiger partial charge is 0.165 e. The van der Waals surface area contributed by atoms with Crippen LogP contribution in [0, 0.1) is 5.82 Å².